The van der Waals surface area contributed by atoms with Crippen LogP contribution < -0.4 is 14.4 Å². The van der Waals surface area contributed by atoms with E-state index >= 15 is 0 Å². The molecule has 4 rings (SSSR count). The Hall–Kier alpha value is -3.16. The summed E-state index contributed by atoms with van der Waals surface area (Å²) in [5.74, 6) is 3.51. The van der Waals surface area contributed by atoms with Crippen LogP contribution in [0.3, 0.4) is 0 Å². The summed E-state index contributed by atoms with van der Waals surface area (Å²) >= 11 is 0. The number of methoxy groups -OCH3 is 2. The van der Waals surface area contributed by atoms with Crippen molar-refractivity contribution >= 4 is 5.95 Å². The number of nitrogens with zero attached hydrogens (tertiary/aromatic N) is 6. The molecule has 0 spiro atoms. The minimum Gasteiger partial charge on any atom is -0.497 e. The summed E-state index contributed by atoms with van der Waals surface area (Å²) in [6.45, 7) is 3.69. The van der Waals surface area contributed by atoms with Crippen LogP contribution in [0.25, 0.3) is 11.5 Å². The van der Waals surface area contributed by atoms with Gasteiger partial charge in [-0.05, 0) is 37.1 Å². The summed E-state index contributed by atoms with van der Waals surface area (Å²) in [4.78, 5) is 15.9. The van der Waals surface area contributed by atoms with E-state index in [-0.39, 0.29) is 0 Å². The predicted octanol–water partition coefficient (Wildman–Crippen LogP) is 2.59. The first-order valence-electron chi connectivity index (χ1n) is 9.25. The molecule has 28 heavy (non-hydrogen) atoms. The second kappa shape index (κ2) is 7.46. The number of anilines is 1. The highest BCUT2D eigenvalue weighted by Gasteiger charge is 2.28. The van der Waals surface area contributed by atoms with Gasteiger partial charge in [-0.2, -0.15) is 5.10 Å². The summed E-state index contributed by atoms with van der Waals surface area (Å²) < 4.78 is 12.7. The molecule has 0 saturated carbocycles. The van der Waals surface area contributed by atoms with Gasteiger partial charge in [-0.15, -0.1) is 0 Å². The average Bonchev–Trinajstić information content (AvgIpc) is 3.37. The Labute approximate surface area is 164 Å². The molecule has 1 aromatic carbocycles. The number of hydrogen-bond donors (Lipinski definition) is 0. The van der Waals surface area contributed by atoms with Crippen molar-refractivity contribution in [3.63, 3.8) is 0 Å². The maximum atomic E-state index is 5.57. The van der Waals surface area contributed by atoms with Gasteiger partial charge in [0.2, 0.25) is 5.95 Å². The summed E-state index contributed by atoms with van der Waals surface area (Å²) in [6, 6.07) is 5.95. The van der Waals surface area contributed by atoms with Crippen molar-refractivity contribution in [2.24, 2.45) is 7.05 Å². The van der Waals surface area contributed by atoms with E-state index < -0.39 is 0 Å². The van der Waals surface area contributed by atoms with Crippen LogP contribution in [0.5, 0.6) is 11.5 Å². The van der Waals surface area contributed by atoms with Gasteiger partial charge in [-0.3, -0.25) is 0 Å². The Kier molecular flexibility index (Phi) is 4.85. The lowest BCUT2D eigenvalue weighted by Crippen LogP contribution is -2.22. The number of benzene rings is 1. The van der Waals surface area contributed by atoms with Crippen LogP contribution in [0.1, 0.15) is 23.5 Å². The zero-order chi connectivity index (χ0) is 19.7. The molecule has 0 N–H and O–H groups in total. The summed E-state index contributed by atoms with van der Waals surface area (Å²) in [6.07, 6.45) is 4.39. The molecule has 1 atom stereocenters. The van der Waals surface area contributed by atoms with Gasteiger partial charge >= 0.3 is 0 Å². The molecule has 0 bridgehead atoms. The van der Waals surface area contributed by atoms with Crippen molar-refractivity contribution in [2.45, 2.75) is 19.3 Å². The third-order valence-corrected chi connectivity index (χ3v) is 5.23. The molecule has 0 aliphatic carbocycles. The van der Waals surface area contributed by atoms with Gasteiger partial charge < -0.3 is 14.4 Å². The average molecular weight is 380 g/mol. The predicted molar refractivity (Wildman–Crippen MR) is 106 cm³/mol. The van der Waals surface area contributed by atoms with Crippen LogP contribution in [0, 0.1) is 6.92 Å². The second-order valence-electron chi connectivity index (χ2n) is 6.95. The van der Waals surface area contributed by atoms with Gasteiger partial charge in [-0.25, -0.2) is 19.6 Å². The van der Waals surface area contributed by atoms with E-state index in [1.165, 1.54) is 6.33 Å². The maximum absolute atomic E-state index is 5.57. The Morgan fingerprint density at radius 2 is 2.00 bits per heavy atom. The lowest BCUT2D eigenvalue weighted by Gasteiger charge is -2.19. The molecule has 1 unspecified atom stereocenters. The molecule has 8 heteroatoms. The second-order valence-corrected chi connectivity index (χ2v) is 6.95. The van der Waals surface area contributed by atoms with E-state index in [9.17, 15) is 0 Å². The van der Waals surface area contributed by atoms with E-state index in [1.54, 1.807) is 18.9 Å². The first kappa shape index (κ1) is 18.2. The van der Waals surface area contributed by atoms with Crippen molar-refractivity contribution in [3.05, 3.63) is 41.9 Å². The molecule has 2 aromatic heterocycles. The fraction of sp³-hybridized carbons (Fsp3) is 0.400. The molecule has 0 amide bonds. The molecule has 0 radical (unpaired) electrons. The standard InChI is InChI=1S/C20H24N6O2/c1-13-10-21-20(24-18(13)19-22-12-23-25(19)2)26-8-7-14(11-26)16-9-15(27-3)5-6-17(16)28-4/h5-6,9-10,12,14H,7-8,11H2,1-4H3. The van der Waals surface area contributed by atoms with Crippen LogP contribution in [0.15, 0.2) is 30.7 Å². The van der Waals surface area contributed by atoms with Gasteiger partial charge in [0.15, 0.2) is 5.82 Å². The van der Waals surface area contributed by atoms with Crippen LogP contribution in [0.4, 0.5) is 5.95 Å². The third-order valence-electron chi connectivity index (χ3n) is 5.23. The SMILES string of the molecule is COc1ccc(OC)c(C2CCN(c3ncc(C)c(-c4ncnn4C)n3)C2)c1. The Morgan fingerprint density at radius 3 is 2.71 bits per heavy atom. The maximum Gasteiger partial charge on any atom is 0.226 e. The highest BCUT2D eigenvalue weighted by atomic mass is 16.5. The van der Waals surface area contributed by atoms with E-state index in [2.05, 4.69) is 26.0 Å². The summed E-state index contributed by atoms with van der Waals surface area (Å²) in [5.41, 5.74) is 2.95. The fourth-order valence-corrected chi connectivity index (χ4v) is 3.68. The largest absolute Gasteiger partial charge is 0.497 e. The van der Waals surface area contributed by atoms with Crippen LogP contribution >= 0.6 is 0 Å². The minimum atomic E-state index is 0.327. The van der Waals surface area contributed by atoms with Crippen LogP contribution in [0.2, 0.25) is 0 Å². The number of hydrogen-bond acceptors (Lipinski definition) is 7. The third kappa shape index (κ3) is 3.26. The molecule has 1 saturated heterocycles. The highest BCUT2D eigenvalue weighted by Crippen LogP contribution is 2.37. The molecule has 1 fully saturated rings. The Bertz CT molecular complexity index is 987. The van der Waals surface area contributed by atoms with Crippen molar-refractivity contribution in [1.29, 1.82) is 0 Å². The van der Waals surface area contributed by atoms with Crippen molar-refractivity contribution in [2.75, 3.05) is 32.2 Å². The molecular formula is C20H24N6O2. The van der Waals surface area contributed by atoms with E-state index in [0.29, 0.717) is 11.9 Å². The van der Waals surface area contributed by atoms with Gasteiger partial charge in [0.25, 0.3) is 0 Å². The monoisotopic (exact) mass is 380 g/mol. The number of rotatable bonds is 5. The molecular weight excluding hydrogens is 356 g/mol. The number of aryl methyl sites for hydroxylation is 2. The Balaban J connectivity index is 1.61. The number of aromatic nitrogens is 5. The van der Waals surface area contributed by atoms with Crippen molar-refractivity contribution in [3.8, 4) is 23.0 Å². The molecule has 146 valence electrons. The number of ether oxygens (including phenoxy) is 2. The van der Waals surface area contributed by atoms with E-state index in [1.807, 2.05) is 32.3 Å². The lowest BCUT2D eigenvalue weighted by atomic mass is 9.97. The molecule has 3 heterocycles. The zero-order valence-electron chi connectivity index (χ0n) is 16.6. The highest BCUT2D eigenvalue weighted by molar-refractivity contribution is 5.56. The summed E-state index contributed by atoms with van der Waals surface area (Å²) in [5, 5.41) is 4.15. The lowest BCUT2D eigenvalue weighted by molar-refractivity contribution is 0.396. The van der Waals surface area contributed by atoms with Crippen molar-refractivity contribution < 1.29 is 9.47 Å². The molecule has 8 nitrogen and oxygen atoms in total. The zero-order valence-corrected chi connectivity index (χ0v) is 16.6. The van der Waals surface area contributed by atoms with Gasteiger partial charge in [0.1, 0.15) is 23.5 Å². The van der Waals surface area contributed by atoms with Gasteiger partial charge in [0.05, 0.1) is 14.2 Å². The first-order chi connectivity index (χ1) is 13.6. The normalized spacial score (nSPS) is 16.4. The van der Waals surface area contributed by atoms with E-state index in [4.69, 9.17) is 14.5 Å². The summed E-state index contributed by atoms with van der Waals surface area (Å²) in [7, 11) is 5.25. The molecule has 1 aliphatic heterocycles. The smallest absolute Gasteiger partial charge is 0.226 e. The van der Waals surface area contributed by atoms with Crippen LogP contribution in [-0.4, -0.2) is 52.0 Å². The molecule has 1 aliphatic rings. The van der Waals surface area contributed by atoms with Gasteiger partial charge in [0, 0.05) is 37.8 Å². The topological polar surface area (TPSA) is 78.2 Å². The first-order valence-corrected chi connectivity index (χ1v) is 9.25. The minimum absolute atomic E-state index is 0.327. The van der Waals surface area contributed by atoms with E-state index in [0.717, 1.165) is 53.7 Å². The van der Waals surface area contributed by atoms with Gasteiger partial charge in [-0.1, -0.05) is 0 Å². The fourth-order valence-electron chi connectivity index (χ4n) is 3.68. The Morgan fingerprint density at radius 1 is 1.14 bits per heavy atom. The van der Waals surface area contributed by atoms with Crippen molar-refractivity contribution in [1.82, 2.24) is 24.7 Å². The quantitative estimate of drug-likeness (QED) is 0.673. The molecule has 3 aromatic rings. The van der Waals surface area contributed by atoms with Crippen LogP contribution in [-0.2, 0) is 7.05 Å².